The number of aromatic nitrogens is 2. The van der Waals surface area contributed by atoms with Crippen LogP contribution in [0.1, 0.15) is 48.9 Å². The molecule has 1 N–H and O–H groups in total. The predicted octanol–water partition coefficient (Wildman–Crippen LogP) is 3.41. The number of hydrogen-bond acceptors (Lipinski definition) is 6. The van der Waals surface area contributed by atoms with Gasteiger partial charge < -0.3 is 19.1 Å². The van der Waals surface area contributed by atoms with Gasteiger partial charge in [0.1, 0.15) is 6.26 Å². The molecule has 0 radical (unpaired) electrons. The van der Waals surface area contributed by atoms with Crippen LogP contribution in [0, 0.1) is 5.92 Å². The van der Waals surface area contributed by atoms with Gasteiger partial charge in [0.05, 0.1) is 12.2 Å². The second-order valence-electron chi connectivity index (χ2n) is 8.12. The minimum Gasteiger partial charge on any atom is -0.478 e. The lowest BCUT2D eigenvalue weighted by molar-refractivity contribution is 0.0671. The summed E-state index contributed by atoms with van der Waals surface area (Å²) in [5, 5.41) is 6.33. The molecule has 1 saturated heterocycles. The number of anilines is 1. The minimum absolute atomic E-state index is 0.0854. The van der Waals surface area contributed by atoms with Crippen molar-refractivity contribution in [2.75, 3.05) is 38.1 Å². The molecule has 3 amide bonds. The van der Waals surface area contributed by atoms with E-state index < -0.39 is 0 Å². The van der Waals surface area contributed by atoms with E-state index in [2.05, 4.69) is 15.5 Å². The van der Waals surface area contributed by atoms with Crippen LogP contribution >= 0.6 is 0 Å². The predicted molar refractivity (Wildman–Crippen MR) is 114 cm³/mol. The molecule has 0 atom stereocenters. The number of carbonyl (C=O) groups is 2. The number of urea groups is 1. The molecule has 0 unspecified atom stereocenters. The largest absolute Gasteiger partial charge is 0.478 e. The standard InChI is InChI=1S/C22H29N5O4/c28-21(26-10-12-27(13-11-26)22(29)24-19-9-15-31-25-19)18-6-7-20(23-16-18)30-14-8-17-4-2-1-3-5-17/h6-7,9,15-17H,1-5,8,10-14H2,(H,24,25,29). The first-order valence-corrected chi connectivity index (χ1v) is 11.0. The molecule has 1 aliphatic carbocycles. The fourth-order valence-corrected chi connectivity index (χ4v) is 4.16. The number of amides is 3. The Kier molecular flexibility index (Phi) is 7.01. The quantitative estimate of drug-likeness (QED) is 0.758. The SMILES string of the molecule is O=C(Nc1ccon1)N1CCN(C(=O)c2ccc(OCCC3CCCCC3)nc2)CC1. The third kappa shape index (κ3) is 5.74. The second-order valence-corrected chi connectivity index (χ2v) is 8.12. The van der Waals surface area contributed by atoms with Crippen LogP contribution in [0.2, 0.25) is 0 Å². The highest BCUT2D eigenvalue weighted by Crippen LogP contribution is 2.26. The van der Waals surface area contributed by atoms with Crippen molar-refractivity contribution in [3.63, 3.8) is 0 Å². The van der Waals surface area contributed by atoms with E-state index in [0.717, 1.165) is 12.3 Å². The summed E-state index contributed by atoms with van der Waals surface area (Å²) < 4.78 is 10.5. The summed E-state index contributed by atoms with van der Waals surface area (Å²) >= 11 is 0. The number of piperazine rings is 1. The molecule has 2 aliphatic rings. The lowest BCUT2D eigenvalue weighted by Crippen LogP contribution is -2.51. The zero-order valence-corrected chi connectivity index (χ0v) is 17.7. The Morgan fingerprint density at radius 3 is 2.52 bits per heavy atom. The van der Waals surface area contributed by atoms with Crippen molar-refractivity contribution in [2.45, 2.75) is 38.5 Å². The normalized spacial score (nSPS) is 17.4. The molecule has 2 aromatic rings. The first-order chi connectivity index (χ1) is 15.2. The van der Waals surface area contributed by atoms with E-state index >= 15 is 0 Å². The third-order valence-corrected chi connectivity index (χ3v) is 6.01. The lowest BCUT2D eigenvalue weighted by atomic mass is 9.87. The number of ether oxygens (including phenoxy) is 1. The summed E-state index contributed by atoms with van der Waals surface area (Å²) in [6.45, 7) is 2.50. The number of pyridine rings is 1. The Labute approximate surface area is 181 Å². The van der Waals surface area contributed by atoms with Crippen LogP contribution in [-0.2, 0) is 0 Å². The maximum absolute atomic E-state index is 12.8. The first-order valence-electron chi connectivity index (χ1n) is 11.0. The summed E-state index contributed by atoms with van der Waals surface area (Å²) in [5.74, 6) is 1.61. The van der Waals surface area contributed by atoms with Crippen LogP contribution in [0.3, 0.4) is 0 Å². The maximum Gasteiger partial charge on any atom is 0.323 e. The van der Waals surface area contributed by atoms with Crippen LogP contribution in [0.25, 0.3) is 0 Å². The van der Waals surface area contributed by atoms with Gasteiger partial charge in [0.2, 0.25) is 5.88 Å². The van der Waals surface area contributed by atoms with Gasteiger partial charge in [-0.15, -0.1) is 0 Å². The molecule has 1 aliphatic heterocycles. The second kappa shape index (κ2) is 10.3. The average molecular weight is 428 g/mol. The first kappa shape index (κ1) is 21.1. The topological polar surface area (TPSA) is 101 Å². The zero-order valence-electron chi connectivity index (χ0n) is 17.7. The van der Waals surface area contributed by atoms with Crippen molar-refractivity contribution >= 4 is 17.8 Å². The molecular weight excluding hydrogens is 398 g/mol. The number of carbonyl (C=O) groups excluding carboxylic acids is 2. The molecule has 31 heavy (non-hydrogen) atoms. The van der Waals surface area contributed by atoms with E-state index in [9.17, 15) is 9.59 Å². The van der Waals surface area contributed by atoms with E-state index in [4.69, 9.17) is 9.26 Å². The Morgan fingerprint density at radius 2 is 1.84 bits per heavy atom. The molecule has 4 rings (SSSR count). The van der Waals surface area contributed by atoms with Crippen LogP contribution in [0.15, 0.2) is 35.2 Å². The van der Waals surface area contributed by atoms with Gasteiger partial charge in [-0.2, -0.15) is 0 Å². The van der Waals surface area contributed by atoms with Gasteiger partial charge >= 0.3 is 6.03 Å². The molecule has 9 nitrogen and oxygen atoms in total. The van der Waals surface area contributed by atoms with Gasteiger partial charge in [0.15, 0.2) is 5.82 Å². The Morgan fingerprint density at radius 1 is 1.06 bits per heavy atom. The van der Waals surface area contributed by atoms with Crippen LogP contribution < -0.4 is 10.1 Å². The van der Waals surface area contributed by atoms with Crippen molar-refractivity contribution in [2.24, 2.45) is 5.92 Å². The molecule has 0 bridgehead atoms. The van der Waals surface area contributed by atoms with Crippen molar-refractivity contribution in [3.05, 3.63) is 36.2 Å². The Balaban J connectivity index is 1.21. The molecule has 166 valence electrons. The number of rotatable bonds is 6. The number of nitrogens with one attached hydrogen (secondary N) is 1. The van der Waals surface area contributed by atoms with Crippen LogP contribution in [0.5, 0.6) is 5.88 Å². The Hall–Kier alpha value is -3.10. The average Bonchev–Trinajstić information content (AvgIpc) is 3.33. The van der Waals surface area contributed by atoms with Gasteiger partial charge in [-0.05, 0) is 18.4 Å². The van der Waals surface area contributed by atoms with Gasteiger partial charge in [-0.3, -0.25) is 10.1 Å². The van der Waals surface area contributed by atoms with Crippen molar-refractivity contribution in [1.29, 1.82) is 0 Å². The molecular formula is C22H29N5O4. The minimum atomic E-state index is -0.252. The van der Waals surface area contributed by atoms with Crippen LogP contribution in [-0.4, -0.2) is 64.7 Å². The highest BCUT2D eigenvalue weighted by atomic mass is 16.5. The number of hydrogen-bond donors (Lipinski definition) is 1. The maximum atomic E-state index is 12.8. The third-order valence-electron chi connectivity index (χ3n) is 6.01. The molecule has 9 heteroatoms. The van der Waals surface area contributed by atoms with E-state index in [1.165, 1.54) is 38.4 Å². The van der Waals surface area contributed by atoms with Gasteiger partial charge in [0, 0.05) is 44.5 Å². The summed E-state index contributed by atoms with van der Waals surface area (Å²) in [4.78, 5) is 32.7. The highest BCUT2D eigenvalue weighted by Gasteiger charge is 2.25. The van der Waals surface area contributed by atoms with Gasteiger partial charge in [-0.25, -0.2) is 9.78 Å². The highest BCUT2D eigenvalue weighted by molar-refractivity contribution is 5.94. The lowest BCUT2D eigenvalue weighted by Gasteiger charge is -2.34. The summed E-state index contributed by atoms with van der Waals surface area (Å²) in [5.41, 5.74) is 0.528. The van der Waals surface area contributed by atoms with Gasteiger partial charge in [0.25, 0.3) is 5.91 Å². The van der Waals surface area contributed by atoms with Gasteiger partial charge in [-0.1, -0.05) is 37.3 Å². The monoisotopic (exact) mass is 427 g/mol. The summed E-state index contributed by atoms with van der Waals surface area (Å²) in [6.07, 6.45) is 10.7. The van der Waals surface area contributed by atoms with E-state index in [-0.39, 0.29) is 11.9 Å². The molecule has 0 aromatic carbocycles. The van der Waals surface area contributed by atoms with Crippen molar-refractivity contribution in [1.82, 2.24) is 19.9 Å². The van der Waals surface area contributed by atoms with Crippen molar-refractivity contribution in [3.8, 4) is 5.88 Å². The molecule has 2 aromatic heterocycles. The van der Waals surface area contributed by atoms with Crippen molar-refractivity contribution < 1.29 is 18.8 Å². The smallest absolute Gasteiger partial charge is 0.323 e. The fourth-order valence-electron chi connectivity index (χ4n) is 4.16. The molecule has 0 spiro atoms. The van der Waals surface area contributed by atoms with Crippen LogP contribution in [0.4, 0.5) is 10.6 Å². The molecule has 2 fully saturated rings. The molecule has 1 saturated carbocycles. The van der Waals surface area contributed by atoms with E-state index in [1.807, 2.05) is 0 Å². The Bertz CT molecular complexity index is 841. The molecule has 3 heterocycles. The zero-order chi connectivity index (χ0) is 21.5. The summed E-state index contributed by atoms with van der Waals surface area (Å²) in [6, 6.07) is 4.84. The van der Waals surface area contributed by atoms with E-state index in [0.29, 0.717) is 50.0 Å². The fraction of sp³-hybridized carbons (Fsp3) is 0.545. The summed E-state index contributed by atoms with van der Waals surface area (Å²) in [7, 11) is 0. The van der Waals surface area contributed by atoms with E-state index in [1.54, 1.807) is 34.2 Å². The number of nitrogens with zero attached hydrogens (tertiary/aromatic N) is 4.